The lowest BCUT2D eigenvalue weighted by molar-refractivity contribution is 0.191. The molecule has 0 saturated carbocycles. The molecule has 5 rings (SSSR count). The number of benzene rings is 1. The Balaban J connectivity index is 1.56. The monoisotopic (exact) mass is 345 g/mol. The molecule has 3 nitrogen and oxygen atoms in total. The smallest absolute Gasteiger partial charge is 0.0468 e. The number of piperidine rings is 1. The van der Waals surface area contributed by atoms with Crippen molar-refractivity contribution in [2.75, 3.05) is 61.1 Å². The lowest BCUT2D eigenvalue weighted by Crippen LogP contribution is -2.53. The van der Waals surface area contributed by atoms with E-state index in [0.29, 0.717) is 11.5 Å². The van der Waals surface area contributed by atoms with Gasteiger partial charge in [0.15, 0.2) is 0 Å². The van der Waals surface area contributed by atoms with E-state index in [-0.39, 0.29) is 0 Å². The minimum Gasteiger partial charge on any atom is -0.370 e. The van der Waals surface area contributed by atoms with Crippen molar-refractivity contribution in [3.8, 4) is 0 Å². The Morgan fingerprint density at radius 3 is 2.33 bits per heavy atom. The molecule has 0 amide bonds. The Bertz CT molecular complexity index is 565. The summed E-state index contributed by atoms with van der Waals surface area (Å²) in [5.41, 5.74) is 3.22. The van der Waals surface area contributed by atoms with Crippen molar-refractivity contribution in [1.82, 2.24) is 4.90 Å². The van der Waals surface area contributed by atoms with Crippen LogP contribution in [0.1, 0.15) is 20.3 Å². The zero-order chi connectivity index (χ0) is 16.7. The van der Waals surface area contributed by atoms with E-state index in [4.69, 9.17) is 0 Å². The summed E-state index contributed by atoms with van der Waals surface area (Å²) in [5.74, 6) is 3.32. The average molecular weight is 346 g/mol. The molecule has 0 aliphatic carbocycles. The fourth-order valence-corrected chi connectivity index (χ4v) is 5.92. The number of fused-ring (bicyclic) bond motifs is 4. The Hall–Kier alpha value is -0.870. The first-order chi connectivity index (χ1) is 11.5. The van der Waals surface area contributed by atoms with Gasteiger partial charge in [0.1, 0.15) is 0 Å². The summed E-state index contributed by atoms with van der Waals surface area (Å²) < 4.78 is 0. The van der Waals surface area contributed by atoms with E-state index in [2.05, 4.69) is 71.6 Å². The van der Waals surface area contributed by atoms with Gasteiger partial charge >= 0.3 is 0 Å². The molecule has 4 heterocycles. The maximum atomic E-state index is 2.70. The highest BCUT2D eigenvalue weighted by Gasteiger charge is 2.45. The van der Waals surface area contributed by atoms with Gasteiger partial charge in [0.05, 0.1) is 0 Å². The van der Waals surface area contributed by atoms with Gasteiger partial charge in [0, 0.05) is 61.6 Å². The van der Waals surface area contributed by atoms with Crippen molar-refractivity contribution >= 4 is 23.1 Å². The van der Waals surface area contributed by atoms with Crippen molar-refractivity contribution in [1.29, 1.82) is 0 Å². The fraction of sp³-hybridized carbons (Fsp3) is 0.700. The maximum Gasteiger partial charge on any atom is 0.0468 e. The minimum atomic E-state index is 0.399. The molecule has 1 aromatic rings. The normalized spacial score (nSPS) is 30.5. The number of rotatable bonds is 2. The Labute approximate surface area is 151 Å². The van der Waals surface area contributed by atoms with Crippen molar-refractivity contribution in [3.05, 3.63) is 24.3 Å². The van der Waals surface area contributed by atoms with Crippen molar-refractivity contribution in [3.63, 3.8) is 0 Å². The van der Waals surface area contributed by atoms with Gasteiger partial charge in [-0.3, -0.25) is 0 Å². The first-order valence-electron chi connectivity index (χ1n) is 9.41. The molecule has 4 fully saturated rings. The topological polar surface area (TPSA) is 9.72 Å². The quantitative estimate of drug-likeness (QED) is 0.812. The Morgan fingerprint density at radius 2 is 1.62 bits per heavy atom. The van der Waals surface area contributed by atoms with Gasteiger partial charge in [0.25, 0.3) is 0 Å². The van der Waals surface area contributed by atoms with Crippen molar-refractivity contribution in [2.24, 2.45) is 11.3 Å². The molecule has 4 saturated heterocycles. The van der Waals surface area contributed by atoms with Crippen LogP contribution in [0, 0.1) is 11.3 Å². The number of anilines is 2. The number of thioether (sulfide) groups is 1. The predicted octanol–water partition coefficient (Wildman–Crippen LogP) is 3.41. The van der Waals surface area contributed by atoms with Crippen LogP contribution >= 0.6 is 11.8 Å². The molecule has 4 heteroatoms. The number of likely N-dealkylation sites (N-methyl/N-ethyl adjacent to an activating group) is 1. The van der Waals surface area contributed by atoms with Crippen LogP contribution in [0.4, 0.5) is 11.4 Å². The molecular formula is C20H31N3S. The molecule has 132 valence electrons. The second-order valence-corrected chi connectivity index (χ2v) is 9.79. The second kappa shape index (κ2) is 6.45. The van der Waals surface area contributed by atoms with Gasteiger partial charge in [-0.2, -0.15) is 11.8 Å². The zero-order valence-corrected chi connectivity index (χ0v) is 16.2. The van der Waals surface area contributed by atoms with Crippen LogP contribution in [-0.4, -0.2) is 62.2 Å². The van der Waals surface area contributed by atoms with Crippen LogP contribution < -0.4 is 9.80 Å². The largest absolute Gasteiger partial charge is 0.370 e. The summed E-state index contributed by atoms with van der Waals surface area (Å²) >= 11 is 2.08. The lowest BCUT2D eigenvalue weighted by Gasteiger charge is -2.48. The standard InChI is InChI=1S/C20H31N3S/c1-20(2)12-16-13-21(3)15-19(20)23(14-16)18-6-4-17(5-7-18)22-8-10-24-11-9-22/h4-7,16,19H,8-15H2,1-3H3. The summed E-state index contributed by atoms with van der Waals surface area (Å²) in [6, 6.07) is 10.1. The molecule has 2 bridgehead atoms. The summed E-state index contributed by atoms with van der Waals surface area (Å²) in [6.45, 7) is 11.0. The third-order valence-corrected chi connectivity index (χ3v) is 7.10. The number of hydrogen-bond donors (Lipinski definition) is 0. The van der Waals surface area contributed by atoms with Gasteiger partial charge < -0.3 is 14.7 Å². The van der Waals surface area contributed by atoms with Crippen molar-refractivity contribution in [2.45, 2.75) is 26.3 Å². The summed E-state index contributed by atoms with van der Waals surface area (Å²) in [6.07, 6.45) is 1.36. The summed E-state index contributed by atoms with van der Waals surface area (Å²) in [7, 11) is 2.29. The van der Waals surface area contributed by atoms with E-state index >= 15 is 0 Å². The van der Waals surface area contributed by atoms with Crippen LogP contribution in [0.15, 0.2) is 24.3 Å². The lowest BCUT2D eigenvalue weighted by atomic mass is 9.73. The van der Waals surface area contributed by atoms with E-state index in [1.54, 1.807) is 0 Å². The third kappa shape index (κ3) is 3.15. The van der Waals surface area contributed by atoms with E-state index in [1.165, 1.54) is 62.0 Å². The van der Waals surface area contributed by atoms with E-state index in [1.807, 2.05) is 0 Å². The Kier molecular flexibility index (Phi) is 4.46. The SMILES string of the molecule is CN1CC2CN(c3ccc(N4CCSCC4)cc3)C(C1)C(C)(C)C2. The number of hydrogen-bond acceptors (Lipinski definition) is 4. The number of nitrogens with zero attached hydrogens (tertiary/aromatic N) is 3. The van der Waals surface area contributed by atoms with E-state index in [0.717, 1.165) is 5.92 Å². The van der Waals surface area contributed by atoms with Crippen LogP contribution in [0.2, 0.25) is 0 Å². The maximum absolute atomic E-state index is 2.70. The van der Waals surface area contributed by atoms with Crippen LogP contribution in [-0.2, 0) is 0 Å². The molecule has 4 aliphatic rings. The fourth-order valence-electron chi connectivity index (χ4n) is 5.01. The molecular weight excluding hydrogens is 314 g/mol. The zero-order valence-electron chi connectivity index (χ0n) is 15.4. The first-order valence-corrected chi connectivity index (χ1v) is 10.6. The predicted molar refractivity (Wildman–Crippen MR) is 106 cm³/mol. The molecule has 2 atom stereocenters. The second-order valence-electron chi connectivity index (χ2n) is 8.56. The van der Waals surface area contributed by atoms with Gasteiger partial charge in [0.2, 0.25) is 0 Å². The van der Waals surface area contributed by atoms with Gasteiger partial charge in [-0.25, -0.2) is 0 Å². The molecule has 24 heavy (non-hydrogen) atoms. The minimum absolute atomic E-state index is 0.399. The molecule has 0 aromatic heterocycles. The molecule has 4 aliphatic heterocycles. The molecule has 2 unspecified atom stereocenters. The van der Waals surface area contributed by atoms with E-state index in [9.17, 15) is 0 Å². The van der Waals surface area contributed by atoms with Gasteiger partial charge in [-0.15, -0.1) is 0 Å². The molecule has 1 aromatic carbocycles. The summed E-state index contributed by atoms with van der Waals surface area (Å²) in [5, 5.41) is 0. The third-order valence-electron chi connectivity index (χ3n) is 6.16. The molecule has 0 N–H and O–H groups in total. The Morgan fingerprint density at radius 1 is 0.958 bits per heavy atom. The highest BCUT2D eigenvalue weighted by molar-refractivity contribution is 7.99. The van der Waals surface area contributed by atoms with Crippen LogP contribution in [0.25, 0.3) is 0 Å². The van der Waals surface area contributed by atoms with Crippen LogP contribution in [0.3, 0.4) is 0 Å². The first kappa shape index (κ1) is 16.6. The van der Waals surface area contributed by atoms with Gasteiger partial charge in [-0.1, -0.05) is 13.8 Å². The van der Waals surface area contributed by atoms with Gasteiger partial charge in [-0.05, 0) is 49.1 Å². The highest BCUT2D eigenvalue weighted by atomic mass is 32.2. The highest BCUT2D eigenvalue weighted by Crippen LogP contribution is 2.43. The molecule has 0 spiro atoms. The summed E-state index contributed by atoms with van der Waals surface area (Å²) in [4.78, 5) is 7.78. The van der Waals surface area contributed by atoms with Crippen molar-refractivity contribution < 1.29 is 0 Å². The van der Waals surface area contributed by atoms with E-state index < -0.39 is 0 Å². The van der Waals surface area contributed by atoms with Crippen LogP contribution in [0.5, 0.6) is 0 Å². The molecule has 0 radical (unpaired) electrons. The average Bonchev–Trinajstić information content (AvgIpc) is 2.80.